The Hall–Kier alpha value is -3.23. The van der Waals surface area contributed by atoms with Crippen LogP contribution in [0, 0.1) is 0 Å². The monoisotopic (exact) mass is 362 g/mol. The van der Waals surface area contributed by atoms with Crippen molar-refractivity contribution >= 4 is 5.97 Å². The van der Waals surface area contributed by atoms with Crippen molar-refractivity contribution in [2.75, 3.05) is 7.11 Å². The van der Waals surface area contributed by atoms with Crippen molar-refractivity contribution in [1.29, 1.82) is 0 Å². The van der Waals surface area contributed by atoms with Crippen LogP contribution in [0.3, 0.4) is 0 Å². The third-order valence-electron chi connectivity index (χ3n) is 3.66. The number of hydrogen-bond donors (Lipinski definition) is 0. The summed E-state index contributed by atoms with van der Waals surface area (Å²) in [5.41, 5.74) is 0.814. The van der Waals surface area contributed by atoms with Gasteiger partial charge in [-0.3, -0.25) is 4.98 Å². The molecule has 26 heavy (non-hydrogen) atoms. The van der Waals surface area contributed by atoms with Crippen molar-refractivity contribution in [2.24, 2.45) is 0 Å². The van der Waals surface area contributed by atoms with E-state index in [1.165, 1.54) is 30.1 Å². The predicted molar refractivity (Wildman–Crippen MR) is 85.1 cm³/mol. The Kier molecular flexibility index (Phi) is 4.70. The molecule has 2 aromatic heterocycles. The number of esters is 1. The van der Waals surface area contributed by atoms with Crippen molar-refractivity contribution in [3.8, 4) is 11.3 Å². The Morgan fingerprint density at radius 2 is 1.92 bits per heavy atom. The highest BCUT2D eigenvalue weighted by Crippen LogP contribution is 2.29. The van der Waals surface area contributed by atoms with Crippen LogP contribution in [-0.2, 0) is 17.5 Å². The van der Waals surface area contributed by atoms with E-state index in [1.807, 2.05) is 0 Å². The highest BCUT2D eigenvalue weighted by atomic mass is 19.4. The number of hydrogen-bond acceptors (Lipinski definition) is 5. The van der Waals surface area contributed by atoms with Gasteiger partial charge < -0.3 is 4.74 Å². The number of ether oxygens (including phenoxy) is 1. The van der Waals surface area contributed by atoms with E-state index < -0.39 is 17.7 Å². The van der Waals surface area contributed by atoms with Crippen molar-refractivity contribution in [2.45, 2.75) is 12.7 Å². The second kappa shape index (κ2) is 6.95. The Morgan fingerprint density at radius 3 is 2.50 bits per heavy atom. The lowest BCUT2D eigenvalue weighted by Crippen LogP contribution is -2.08. The summed E-state index contributed by atoms with van der Waals surface area (Å²) >= 11 is 0. The van der Waals surface area contributed by atoms with Crippen LogP contribution in [0.1, 0.15) is 21.6 Å². The largest absolute Gasteiger partial charge is 0.464 e. The summed E-state index contributed by atoms with van der Waals surface area (Å²) < 4.78 is 44.2. The fraction of sp³-hybridized carbons (Fsp3) is 0.176. The molecule has 0 saturated heterocycles. The minimum Gasteiger partial charge on any atom is -0.464 e. The molecule has 2 heterocycles. The lowest BCUT2D eigenvalue weighted by molar-refractivity contribution is -0.137. The molecule has 0 aliphatic carbocycles. The molecular formula is C17H13F3N4O2. The zero-order chi connectivity index (χ0) is 18.7. The van der Waals surface area contributed by atoms with Crippen LogP contribution < -0.4 is 0 Å². The zero-order valence-corrected chi connectivity index (χ0v) is 13.6. The van der Waals surface area contributed by atoms with Crippen LogP contribution in [0.5, 0.6) is 0 Å². The zero-order valence-electron chi connectivity index (χ0n) is 13.6. The molecule has 9 heteroatoms. The van der Waals surface area contributed by atoms with Gasteiger partial charge >= 0.3 is 12.1 Å². The van der Waals surface area contributed by atoms with Gasteiger partial charge in [0.2, 0.25) is 0 Å². The van der Waals surface area contributed by atoms with Crippen LogP contribution in [0.15, 0.2) is 48.8 Å². The van der Waals surface area contributed by atoms with Gasteiger partial charge in [0.05, 0.1) is 19.2 Å². The summed E-state index contributed by atoms with van der Waals surface area (Å²) in [6.45, 7) is 0.131. The van der Waals surface area contributed by atoms with Crippen LogP contribution in [0.4, 0.5) is 13.2 Å². The molecule has 0 unspecified atom stereocenters. The number of aromatic nitrogens is 4. The maximum atomic E-state index is 12.7. The molecule has 0 aliphatic rings. The number of carbonyl (C=O) groups excluding carboxylic acids is 1. The molecule has 0 bridgehead atoms. The minimum atomic E-state index is -4.40. The molecule has 0 saturated carbocycles. The molecule has 0 atom stereocenters. The summed E-state index contributed by atoms with van der Waals surface area (Å²) in [5.74, 6) is -0.664. The third-order valence-corrected chi connectivity index (χ3v) is 3.66. The Bertz CT molecular complexity index is 906. The van der Waals surface area contributed by atoms with Crippen molar-refractivity contribution in [1.82, 2.24) is 20.0 Å². The van der Waals surface area contributed by atoms with E-state index in [9.17, 15) is 18.0 Å². The molecule has 0 amide bonds. The first-order valence-electron chi connectivity index (χ1n) is 7.48. The van der Waals surface area contributed by atoms with Gasteiger partial charge in [0.25, 0.3) is 0 Å². The van der Waals surface area contributed by atoms with Gasteiger partial charge in [0.15, 0.2) is 5.69 Å². The van der Waals surface area contributed by atoms with Gasteiger partial charge in [0.1, 0.15) is 5.69 Å². The molecule has 3 rings (SSSR count). The molecule has 0 spiro atoms. The number of pyridine rings is 1. The van der Waals surface area contributed by atoms with Gasteiger partial charge in [-0.2, -0.15) is 13.2 Å². The SMILES string of the molecule is COC(=O)c1nnn(Cc2ccc(C(F)(F)F)cc2)c1-c1cccnc1. The molecule has 0 N–H and O–H groups in total. The van der Waals surface area contributed by atoms with Crippen LogP contribution in [0.2, 0.25) is 0 Å². The molecule has 0 fully saturated rings. The van der Waals surface area contributed by atoms with Gasteiger partial charge in [-0.1, -0.05) is 17.3 Å². The number of carbonyl (C=O) groups is 1. The summed E-state index contributed by atoms with van der Waals surface area (Å²) in [7, 11) is 1.23. The number of alkyl halides is 3. The van der Waals surface area contributed by atoms with E-state index in [1.54, 1.807) is 18.3 Å². The smallest absolute Gasteiger partial charge is 0.416 e. The molecule has 3 aromatic rings. The first-order chi connectivity index (χ1) is 12.4. The van der Waals surface area contributed by atoms with Crippen LogP contribution in [-0.4, -0.2) is 33.1 Å². The third kappa shape index (κ3) is 3.56. The number of methoxy groups -OCH3 is 1. The highest BCUT2D eigenvalue weighted by Gasteiger charge is 2.30. The molecular weight excluding hydrogens is 349 g/mol. The van der Waals surface area contributed by atoms with Crippen molar-refractivity contribution in [3.05, 3.63) is 65.6 Å². The van der Waals surface area contributed by atoms with Gasteiger partial charge in [-0.25, -0.2) is 9.48 Å². The molecule has 0 radical (unpaired) electrons. The summed E-state index contributed by atoms with van der Waals surface area (Å²) in [6, 6.07) is 8.12. The topological polar surface area (TPSA) is 69.9 Å². The molecule has 0 aliphatic heterocycles. The summed E-state index contributed by atoms with van der Waals surface area (Å²) in [6.07, 6.45) is -1.29. The Balaban J connectivity index is 1.98. The lowest BCUT2D eigenvalue weighted by Gasteiger charge is -2.10. The molecule has 6 nitrogen and oxygen atoms in total. The van der Waals surface area contributed by atoms with Crippen molar-refractivity contribution in [3.63, 3.8) is 0 Å². The van der Waals surface area contributed by atoms with E-state index in [2.05, 4.69) is 15.3 Å². The first-order valence-corrected chi connectivity index (χ1v) is 7.48. The standard InChI is InChI=1S/C17H13F3N4O2/c1-26-16(25)14-15(12-3-2-8-21-9-12)24(23-22-14)10-11-4-6-13(7-5-11)17(18,19)20/h2-9H,10H2,1H3. The van der Waals surface area contributed by atoms with E-state index in [0.717, 1.165) is 12.1 Å². The summed E-state index contributed by atoms with van der Waals surface area (Å²) in [5, 5.41) is 7.79. The average molecular weight is 362 g/mol. The van der Waals surface area contributed by atoms with Crippen LogP contribution in [0.25, 0.3) is 11.3 Å². The van der Waals surface area contributed by atoms with E-state index in [-0.39, 0.29) is 12.2 Å². The van der Waals surface area contributed by atoms with Crippen LogP contribution >= 0.6 is 0 Å². The minimum absolute atomic E-state index is 0.00686. The Labute approximate surface area is 146 Å². The second-order valence-electron chi connectivity index (χ2n) is 5.37. The van der Waals surface area contributed by atoms with Gasteiger partial charge in [-0.15, -0.1) is 5.10 Å². The van der Waals surface area contributed by atoms with Gasteiger partial charge in [-0.05, 0) is 29.8 Å². The summed E-state index contributed by atoms with van der Waals surface area (Å²) in [4.78, 5) is 16.0. The number of rotatable bonds is 4. The average Bonchev–Trinajstić information content (AvgIpc) is 3.05. The van der Waals surface area contributed by atoms with E-state index >= 15 is 0 Å². The van der Waals surface area contributed by atoms with E-state index in [4.69, 9.17) is 4.74 Å². The van der Waals surface area contributed by atoms with Gasteiger partial charge in [0, 0.05) is 18.0 Å². The number of nitrogens with zero attached hydrogens (tertiary/aromatic N) is 4. The normalized spacial score (nSPS) is 11.4. The lowest BCUT2D eigenvalue weighted by atomic mass is 10.1. The van der Waals surface area contributed by atoms with Crippen molar-refractivity contribution < 1.29 is 22.7 Å². The number of halogens is 3. The maximum absolute atomic E-state index is 12.7. The molecule has 134 valence electrons. The molecule has 1 aromatic carbocycles. The maximum Gasteiger partial charge on any atom is 0.416 e. The number of benzene rings is 1. The Morgan fingerprint density at radius 1 is 1.19 bits per heavy atom. The highest BCUT2D eigenvalue weighted by molar-refractivity contribution is 5.93. The van der Waals surface area contributed by atoms with E-state index in [0.29, 0.717) is 16.8 Å². The fourth-order valence-corrected chi connectivity index (χ4v) is 2.42. The fourth-order valence-electron chi connectivity index (χ4n) is 2.42. The second-order valence-corrected chi connectivity index (χ2v) is 5.37. The first kappa shape index (κ1) is 17.6. The predicted octanol–water partition coefficient (Wildman–Crippen LogP) is 3.19. The quantitative estimate of drug-likeness (QED) is 0.667.